The van der Waals surface area contributed by atoms with Crippen LogP contribution >= 0.6 is 11.6 Å². The fraction of sp³-hybridized carbons (Fsp3) is 0.200. The highest BCUT2D eigenvalue weighted by molar-refractivity contribution is 6.31. The number of carbonyl (C=O) groups excluding carboxylic acids is 1. The average molecular weight is 290 g/mol. The van der Waals surface area contributed by atoms with E-state index in [1.807, 2.05) is 24.3 Å². The van der Waals surface area contributed by atoms with Crippen LogP contribution in [-0.4, -0.2) is 16.9 Å². The molecule has 2 rings (SSSR count). The summed E-state index contributed by atoms with van der Waals surface area (Å²) >= 11 is 6.00. The van der Waals surface area contributed by atoms with Crippen molar-refractivity contribution < 1.29 is 4.79 Å². The molecule has 0 fully saturated rings. The first-order chi connectivity index (χ1) is 9.56. The predicted octanol–water partition coefficient (Wildman–Crippen LogP) is 3.08. The second kappa shape index (κ2) is 6.50. The lowest BCUT2D eigenvalue weighted by Crippen LogP contribution is -2.24. The van der Waals surface area contributed by atoms with Crippen LogP contribution in [0.2, 0.25) is 5.02 Å². The number of benzene rings is 1. The van der Waals surface area contributed by atoms with Gasteiger partial charge in [0, 0.05) is 29.2 Å². The molecule has 1 amide bonds. The minimum Gasteiger partial charge on any atom is -0.327 e. The zero-order valence-corrected chi connectivity index (χ0v) is 11.9. The summed E-state index contributed by atoms with van der Waals surface area (Å²) in [4.78, 5) is 16.2. The molecule has 1 aromatic carbocycles. The molecule has 0 aliphatic carbocycles. The highest BCUT2D eigenvalue weighted by Gasteiger charge is 2.11. The molecule has 2 aromatic rings. The molecule has 0 aliphatic heterocycles. The van der Waals surface area contributed by atoms with Crippen LogP contribution in [0.1, 0.15) is 13.3 Å². The Kier molecular flexibility index (Phi) is 4.71. The fourth-order valence-electron chi connectivity index (χ4n) is 1.86. The van der Waals surface area contributed by atoms with Crippen molar-refractivity contribution in [2.24, 2.45) is 5.73 Å². The van der Waals surface area contributed by atoms with Gasteiger partial charge in [0.05, 0.1) is 11.4 Å². The Bertz CT molecular complexity index is 599. The molecule has 5 heteroatoms. The number of halogens is 1. The first kappa shape index (κ1) is 14.5. The van der Waals surface area contributed by atoms with E-state index in [-0.39, 0.29) is 18.4 Å². The van der Waals surface area contributed by atoms with Crippen LogP contribution in [0.4, 0.5) is 5.69 Å². The SMILES string of the molecule is CC(N)CC(=O)Nc1cc(Cl)ccc1-c1ccccn1. The van der Waals surface area contributed by atoms with Crippen LogP contribution in [0.25, 0.3) is 11.3 Å². The lowest BCUT2D eigenvalue weighted by molar-refractivity contribution is -0.116. The lowest BCUT2D eigenvalue weighted by atomic mass is 10.1. The Morgan fingerprint density at radius 2 is 2.20 bits per heavy atom. The number of nitrogens with zero attached hydrogens (tertiary/aromatic N) is 1. The Balaban J connectivity index is 2.32. The minimum absolute atomic E-state index is 0.139. The molecule has 104 valence electrons. The third-order valence-corrected chi connectivity index (χ3v) is 2.94. The number of nitrogens with two attached hydrogens (primary N) is 1. The van der Waals surface area contributed by atoms with E-state index in [9.17, 15) is 4.79 Å². The van der Waals surface area contributed by atoms with Gasteiger partial charge in [-0.25, -0.2) is 0 Å². The maximum atomic E-state index is 11.9. The van der Waals surface area contributed by atoms with E-state index in [1.165, 1.54) is 0 Å². The molecule has 0 bridgehead atoms. The molecule has 1 heterocycles. The molecular formula is C15H16ClN3O. The zero-order chi connectivity index (χ0) is 14.5. The van der Waals surface area contributed by atoms with Gasteiger partial charge in [-0.1, -0.05) is 17.7 Å². The molecule has 3 N–H and O–H groups in total. The summed E-state index contributed by atoms with van der Waals surface area (Å²) in [6.07, 6.45) is 1.96. The summed E-state index contributed by atoms with van der Waals surface area (Å²) in [7, 11) is 0. The molecule has 0 radical (unpaired) electrons. The van der Waals surface area contributed by atoms with Crippen LogP contribution in [0.5, 0.6) is 0 Å². The smallest absolute Gasteiger partial charge is 0.225 e. The summed E-state index contributed by atoms with van der Waals surface area (Å²) in [5.74, 6) is -0.139. The molecule has 20 heavy (non-hydrogen) atoms. The first-order valence-corrected chi connectivity index (χ1v) is 6.70. The minimum atomic E-state index is -0.188. The van der Waals surface area contributed by atoms with Crippen LogP contribution < -0.4 is 11.1 Å². The maximum Gasteiger partial charge on any atom is 0.225 e. The topological polar surface area (TPSA) is 68.0 Å². The summed E-state index contributed by atoms with van der Waals surface area (Å²) in [5.41, 5.74) is 7.87. The Labute approximate surface area is 123 Å². The Hall–Kier alpha value is -1.91. The van der Waals surface area contributed by atoms with Gasteiger partial charge in [-0.2, -0.15) is 0 Å². The summed E-state index contributed by atoms with van der Waals surface area (Å²) < 4.78 is 0. The van der Waals surface area contributed by atoms with Gasteiger partial charge in [0.25, 0.3) is 0 Å². The van der Waals surface area contributed by atoms with Gasteiger partial charge < -0.3 is 11.1 Å². The normalized spacial score (nSPS) is 11.9. The van der Waals surface area contributed by atoms with E-state index in [0.717, 1.165) is 11.3 Å². The zero-order valence-electron chi connectivity index (χ0n) is 11.1. The van der Waals surface area contributed by atoms with Gasteiger partial charge in [0.1, 0.15) is 0 Å². The van der Waals surface area contributed by atoms with Crippen molar-refractivity contribution in [3.05, 3.63) is 47.6 Å². The molecule has 4 nitrogen and oxygen atoms in total. The van der Waals surface area contributed by atoms with Crippen molar-refractivity contribution in [1.29, 1.82) is 0 Å². The summed E-state index contributed by atoms with van der Waals surface area (Å²) in [5, 5.41) is 3.39. The molecule has 0 saturated heterocycles. The number of nitrogens with one attached hydrogen (secondary N) is 1. The van der Waals surface area contributed by atoms with Crippen LogP contribution in [-0.2, 0) is 4.79 Å². The summed E-state index contributed by atoms with van der Waals surface area (Å²) in [6.45, 7) is 1.79. The van der Waals surface area contributed by atoms with E-state index < -0.39 is 0 Å². The molecule has 1 atom stereocenters. The van der Waals surface area contributed by atoms with Crippen molar-refractivity contribution in [3.63, 3.8) is 0 Å². The van der Waals surface area contributed by atoms with Gasteiger partial charge in [-0.05, 0) is 37.3 Å². The summed E-state index contributed by atoms with van der Waals surface area (Å²) in [6, 6.07) is 10.7. The predicted molar refractivity (Wildman–Crippen MR) is 81.6 cm³/mol. The van der Waals surface area contributed by atoms with Crippen molar-refractivity contribution in [2.45, 2.75) is 19.4 Å². The van der Waals surface area contributed by atoms with Crippen molar-refractivity contribution >= 4 is 23.2 Å². The van der Waals surface area contributed by atoms with E-state index in [1.54, 1.807) is 25.3 Å². The lowest BCUT2D eigenvalue weighted by Gasteiger charge is -2.12. The van der Waals surface area contributed by atoms with E-state index in [0.29, 0.717) is 10.7 Å². The number of rotatable bonds is 4. The fourth-order valence-corrected chi connectivity index (χ4v) is 2.03. The van der Waals surface area contributed by atoms with Gasteiger partial charge in [0.15, 0.2) is 0 Å². The third-order valence-electron chi connectivity index (χ3n) is 2.70. The molecule has 1 unspecified atom stereocenters. The Morgan fingerprint density at radius 1 is 1.40 bits per heavy atom. The molecule has 0 saturated carbocycles. The molecule has 1 aromatic heterocycles. The quantitative estimate of drug-likeness (QED) is 0.909. The average Bonchev–Trinajstić information content (AvgIpc) is 2.39. The van der Waals surface area contributed by atoms with Gasteiger partial charge in [-0.15, -0.1) is 0 Å². The van der Waals surface area contributed by atoms with E-state index in [2.05, 4.69) is 10.3 Å². The maximum absolute atomic E-state index is 11.9. The van der Waals surface area contributed by atoms with E-state index >= 15 is 0 Å². The Morgan fingerprint density at radius 3 is 2.85 bits per heavy atom. The van der Waals surface area contributed by atoms with E-state index in [4.69, 9.17) is 17.3 Å². The molecule has 0 aliphatic rings. The van der Waals surface area contributed by atoms with Crippen molar-refractivity contribution in [1.82, 2.24) is 4.98 Å². The number of pyridine rings is 1. The number of aromatic nitrogens is 1. The van der Waals surface area contributed by atoms with Gasteiger partial charge in [-0.3, -0.25) is 9.78 Å². The number of amides is 1. The van der Waals surface area contributed by atoms with Crippen LogP contribution in [0.3, 0.4) is 0 Å². The van der Waals surface area contributed by atoms with Crippen LogP contribution in [0.15, 0.2) is 42.6 Å². The standard InChI is InChI=1S/C15H16ClN3O/c1-10(17)8-15(20)19-14-9-11(16)5-6-12(14)13-4-2-3-7-18-13/h2-7,9-10H,8,17H2,1H3,(H,19,20). The highest BCUT2D eigenvalue weighted by Crippen LogP contribution is 2.29. The highest BCUT2D eigenvalue weighted by atomic mass is 35.5. The molecule has 0 spiro atoms. The largest absolute Gasteiger partial charge is 0.327 e. The van der Waals surface area contributed by atoms with Crippen molar-refractivity contribution in [2.75, 3.05) is 5.32 Å². The van der Waals surface area contributed by atoms with Gasteiger partial charge in [0.2, 0.25) is 5.91 Å². The number of anilines is 1. The van der Waals surface area contributed by atoms with Crippen LogP contribution in [0, 0.1) is 0 Å². The number of hydrogen-bond acceptors (Lipinski definition) is 3. The van der Waals surface area contributed by atoms with Gasteiger partial charge >= 0.3 is 0 Å². The third kappa shape index (κ3) is 3.79. The monoisotopic (exact) mass is 289 g/mol. The van der Waals surface area contributed by atoms with Crippen molar-refractivity contribution in [3.8, 4) is 11.3 Å². The number of hydrogen-bond donors (Lipinski definition) is 2. The first-order valence-electron chi connectivity index (χ1n) is 6.32. The number of carbonyl (C=O) groups is 1. The second-order valence-electron chi connectivity index (χ2n) is 4.63. The molecular weight excluding hydrogens is 274 g/mol. The second-order valence-corrected chi connectivity index (χ2v) is 5.07.